The van der Waals surface area contributed by atoms with Crippen molar-refractivity contribution in [2.45, 2.75) is 70.8 Å². The van der Waals surface area contributed by atoms with E-state index in [0.29, 0.717) is 18.4 Å². The summed E-state index contributed by atoms with van der Waals surface area (Å²) in [6.45, 7) is 4.08. The minimum Gasteiger partial charge on any atom is -0.458 e. The van der Waals surface area contributed by atoms with Crippen LogP contribution in [0, 0.1) is 22.7 Å². The molecule has 0 radical (unpaired) electrons. The minimum atomic E-state index is -2.29. The van der Waals surface area contributed by atoms with Crippen LogP contribution in [0.25, 0.3) is 0 Å². The molecule has 0 aromatic rings. The third-order valence-corrected chi connectivity index (χ3v) is 8.33. The van der Waals surface area contributed by atoms with Crippen molar-refractivity contribution in [3.8, 4) is 0 Å². The zero-order chi connectivity index (χ0) is 22.1. The van der Waals surface area contributed by atoms with Crippen molar-refractivity contribution >= 4 is 17.5 Å². The number of ether oxygens (including phenoxy) is 1. The molecule has 4 rings (SSSR count). The van der Waals surface area contributed by atoms with Gasteiger partial charge in [-0.1, -0.05) is 25.5 Å². The standard InChI is InChI=1S/C23H28F2O5/c1-12(26)30-11-20(28)23(29)19(25)10-16-14-9-18(24)17-8-13(27)4-6-21(17,2)15(14)5-7-22(16,23)3/h5,8,14,16,18-19,29H,4,6-7,9-11H2,1-3H3/t14-,16+,18+,19-,21-,22+,23+/m1/s1. The molecule has 2 fully saturated rings. The highest BCUT2D eigenvalue weighted by Crippen LogP contribution is 2.66. The topological polar surface area (TPSA) is 80.7 Å². The lowest BCUT2D eigenvalue weighted by molar-refractivity contribution is -0.169. The fourth-order valence-electron chi connectivity index (χ4n) is 6.61. The van der Waals surface area contributed by atoms with Crippen LogP contribution in [0.1, 0.15) is 52.9 Å². The first kappa shape index (κ1) is 21.3. The maximum Gasteiger partial charge on any atom is 0.303 e. The van der Waals surface area contributed by atoms with Crippen LogP contribution < -0.4 is 0 Å². The van der Waals surface area contributed by atoms with Gasteiger partial charge in [0.15, 0.2) is 18.0 Å². The summed E-state index contributed by atoms with van der Waals surface area (Å²) in [6.07, 6.45) is 1.41. The van der Waals surface area contributed by atoms with E-state index < -0.39 is 53.1 Å². The first-order valence-corrected chi connectivity index (χ1v) is 10.6. The number of aliphatic hydroxyl groups is 1. The molecular weight excluding hydrogens is 394 g/mol. The fraction of sp³-hybridized carbons (Fsp3) is 0.696. The summed E-state index contributed by atoms with van der Waals surface area (Å²) in [5.74, 6) is -2.34. The lowest BCUT2D eigenvalue weighted by Crippen LogP contribution is -2.59. The lowest BCUT2D eigenvalue weighted by atomic mass is 9.50. The van der Waals surface area contributed by atoms with Crippen molar-refractivity contribution < 1.29 is 33.0 Å². The molecule has 7 heteroatoms. The van der Waals surface area contributed by atoms with Gasteiger partial charge >= 0.3 is 5.97 Å². The number of allylic oxidation sites excluding steroid dienone is 4. The van der Waals surface area contributed by atoms with Crippen LogP contribution in [-0.4, -0.2) is 47.2 Å². The van der Waals surface area contributed by atoms with Gasteiger partial charge in [-0.15, -0.1) is 0 Å². The summed E-state index contributed by atoms with van der Waals surface area (Å²) in [6, 6.07) is 0. The van der Waals surface area contributed by atoms with Crippen LogP contribution in [0.15, 0.2) is 23.3 Å². The fourth-order valence-corrected chi connectivity index (χ4v) is 6.61. The van der Waals surface area contributed by atoms with E-state index in [-0.39, 0.29) is 31.0 Å². The zero-order valence-corrected chi connectivity index (χ0v) is 17.5. The SMILES string of the molecule is CC(=O)OCC(=O)[C@@]1(O)[C@H](F)C[C@H]2[C@@H]3C[C@H](F)C4=CC(=O)CC[C@]4(C)C3=CC[C@@]21C. The van der Waals surface area contributed by atoms with Gasteiger partial charge in [-0.05, 0) is 49.2 Å². The molecule has 0 saturated heterocycles. The number of alkyl halides is 2. The van der Waals surface area contributed by atoms with Crippen molar-refractivity contribution in [2.75, 3.05) is 6.61 Å². The Morgan fingerprint density at radius 3 is 2.60 bits per heavy atom. The molecular formula is C23H28F2O5. The van der Waals surface area contributed by atoms with Gasteiger partial charge in [-0.2, -0.15) is 0 Å². The van der Waals surface area contributed by atoms with Crippen molar-refractivity contribution in [1.82, 2.24) is 0 Å². The molecule has 0 aromatic heterocycles. The molecule has 0 bridgehead atoms. The van der Waals surface area contributed by atoms with Crippen LogP contribution in [-0.2, 0) is 19.1 Å². The average molecular weight is 422 g/mol. The highest BCUT2D eigenvalue weighted by Gasteiger charge is 2.69. The molecule has 5 nitrogen and oxygen atoms in total. The van der Waals surface area contributed by atoms with Gasteiger partial charge in [0.2, 0.25) is 5.78 Å². The van der Waals surface area contributed by atoms with Crippen LogP contribution >= 0.6 is 0 Å². The molecule has 0 unspecified atom stereocenters. The third-order valence-electron chi connectivity index (χ3n) is 8.33. The van der Waals surface area contributed by atoms with Gasteiger partial charge in [0.25, 0.3) is 0 Å². The van der Waals surface area contributed by atoms with E-state index in [4.69, 9.17) is 4.74 Å². The third kappa shape index (κ3) is 2.70. The van der Waals surface area contributed by atoms with Gasteiger partial charge in [-0.25, -0.2) is 8.78 Å². The number of fused-ring (bicyclic) bond motifs is 5. The number of carbonyl (C=O) groups excluding carboxylic acids is 3. The minimum absolute atomic E-state index is 0.0540. The summed E-state index contributed by atoms with van der Waals surface area (Å²) in [5, 5.41) is 11.3. The number of esters is 1. The maximum atomic E-state index is 15.2. The van der Waals surface area contributed by atoms with E-state index in [2.05, 4.69) is 0 Å². The van der Waals surface area contributed by atoms with Gasteiger partial charge < -0.3 is 9.84 Å². The van der Waals surface area contributed by atoms with Crippen LogP contribution in [0.4, 0.5) is 8.78 Å². The Hall–Kier alpha value is -1.89. The number of carbonyl (C=O) groups is 3. The highest BCUT2D eigenvalue weighted by molar-refractivity contribution is 5.93. The molecule has 1 N–H and O–H groups in total. The van der Waals surface area contributed by atoms with Gasteiger partial charge in [0.1, 0.15) is 12.3 Å². The number of Topliss-reactive ketones (excluding diaryl/α,β-unsaturated/α-hetero) is 1. The number of hydrogen-bond donors (Lipinski definition) is 1. The predicted octanol–water partition coefficient (Wildman–Crippen LogP) is 3.20. The van der Waals surface area contributed by atoms with Gasteiger partial charge in [0, 0.05) is 24.2 Å². The van der Waals surface area contributed by atoms with E-state index in [1.165, 1.54) is 6.08 Å². The predicted molar refractivity (Wildman–Crippen MR) is 104 cm³/mol. The van der Waals surface area contributed by atoms with E-state index in [0.717, 1.165) is 12.5 Å². The van der Waals surface area contributed by atoms with Crippen LogP contribution in [0.2, 0.25) is 0 Å². The number of hydrogen-bond acceptors (Lipinski definition) is 5. The first-order valence-electron chi connectivity index (χ1n) is 10.6. The summed E-state index contributed by atoms with van der Waals surface area (Å²) in [7, 11) is 0. The van der Waals surface area contributed by atoms with Crippen molar-refractivity contribution in [3.63, 3.8) is 0 Å². The molecule has 0 aliphatic heterocycles. The second-order valence-corrected chi connectivity index (χ2v) is 9.77. The molecule has 0 heterocycles. The Bertz CT molecular complexity index is 879. The number of rotatable bonds is 3. The number of ketones is 2. The number of halogens is 2. The van der Waals surface area contributed by atoms with Crippen molar-refractivity contribution in [2.24, 2.45) is 22.7 Å². The van der Waals surface area contributed by atoms with Gasteiger partial charge in [0.05, 0.1) is 0 Å². The molecule has 0 spiro atoms. The Morgan fingerprint density at radius 2 is 1.93 bits per heavy atom. The molecule has 2 saturated carbocycles. The maximum absolute atomic E-state index is 15.2. The molecule has 4 aliphatic rings. The summed E-state index contributed by atoms with van der Waals surface area (Å²) in [4.78, 5) is 35.8. The Kier molecular flexibility index (Phi) is 4.84. The van der Waals surface area contributed by atoms with Gasteiger partial charge in [-0.3, -0.25) is 14.4 Å². The van der Waals surface area contributed by atoms with Crippen molar-refractivity contribution in [3.05, 3.63) is 23.3 Å². The van der Waals surface area contributed by atoms with Crippen molar-refractivity contribution in [1.29, 1.82) is 0 Å². The largest absolute Gasteiger partial charge is 0.458 e. The van der Waals surface area contributed by atoms with Crippen LogP contribution in [0.3, 0.4) is 0 Å². The average Bonchev–Trinajstić information content (AvgIpc) is 2.89. The molecule has 0 aromatic carbocycles. The highest BCUT2D eigenvalue weighted by atomic mass is 19.1. The van der Waals surface area contributed by atoms with E-state index in [1.807, 2.05) is 13.0 Å². The summed E-state index contributed by atoms with van der Waals surface area (Å²) in [5.41, 5.74) is -2.51. The van der Waals surface area contributed by atoms with E-state index in [9.17, 15) is 19.5 Å². The Balaban J connectivity index is 1.73. The zero-order valence-electron chi connectivity index (χ0n) is 17.5. The lowest BCUT2D eigenvalue weighted by Gasteiger charge is -2.54. The normalized spacial score (nSPS) is 44.9. The second kappa shape index (κ2) is 6.81. The Labute approximate surface area is 174 Å². The molecule has 7 atom stereocenters. The summed E-state index contributed by atoms with van der Waals surface area (Å²) >= 11 is 0. The van der Waals surface area contributed by atoms with E-state index in [1.54, 1.807) is 6.92 Å². The monoisotopic (exact) mass is 422 g/mol. The van der Waals surface area contributed by atoms with Crippen LogP contribution in [0.5, 0.6) is 0 Å². The molecule has 30 heavy (non-hydrogen) atoms. The molecule has 4 aliphatic carbocycles. The Morgan fingerprint density at radius 1 is 1.23 bits per heavy atom. The second-order valence-electron chi connectivity index (χ2n) is 9.77. The molecule has 164 valence electrons. The van der Waals surface area contributed by atoms with E-state index >= 15 is 8.78 Å². The molecule has 0 amide bonds. The summed E-state index contributed by atoms with van der Waals surface area (Å²) < 4.78 is 35.2. The smallest absolute Gasteiger partial charge is 0.303 e. The first-order chi connectivity index (χ1) is 13.9. The quantitative estimate of drug-likeness (QED) is 0.558.